The van der Waals surface area contributed by atoms with Crippen molar-refractivity contribution in [2.45, 2.75) is 53.5 Å². The fourth-order valence-electron chi connectivity index (χ4n) is 1.77. The van der Waals surface area contributed by atoms with Crippen LogP contribution in [0.15, 0.2) is 4.99 Å². The zero-order chi connectivity index (χ0) is 11.9. The molecule has 3 nitrogen and oxygen atoms in total. The van der Waals surface area contributed by atoms with E-state index in [0.717, 1.165) is 12.4 Å². The lowest BCUT2D eigenvalue weighted by Gasteiger charge is -2.44. The molecule has 0 bridgehead atoms. The first kappa shape index (κ1) is 12.2. The highest BCUT2D eigenvalue weighted by Gasteiger charge is 2.34. The van der Waals surface area contributed by atoms with E-state index in [4.69, 9.17) is 0 Å². The zero-order valence-electron chi connectivity index (χ0n) is 10.7. The van der Waals surface area contributed by atoms with Crippen molar-refractivity contribution >= 4 is 11.7 Å². The molecule has 1 heterocycles. The van der Waals surface area contributed by atoms with Gasteiger partial charge in [0.2, 0.25) is 5.91 Å². The van der Waals surface area contributed by atoms with Crippen molar-refractivity contribution in [2.24, 2.45) is 10.4 Å². The van der Waals surface area contributed by atoms with Gasteiger partial charge in [-0.05, 0) is 20.8 Å². The van der Waals surface area contributed by atoms with Gasteiger partial charge < -0.3 is 4.90 Å². The molecule has 1 amide bonds. The van der Waals surface area contributed by atoms with Crippen LogP contribution in [0.2, 0.25) is 0 Å². The van der Waals surface area contributed by atoms with Gasteiger partial charge in [-0.25, -0.2) is 0 Å². The second kappa shape index (κ2) is 3.62. The van der Waals surface area contributed by atoms with Crippen molar-refractivity contribution in [1.82, 2.24) is 4.90 Å². The number of rotatable bonds is 0. The number of aliphatic imine (C=N–C) groups is 1. The summed E-state index contributed by atoms with van der Waals surface area (Å²) < 4.78 is 0. The third kappa shape index (κ3) is 2.80. The van der Waals surface area contributed by atoms with E-state index in [1.165, 1.54) is 0 Å². The Morgan fingerprint density at radius 1 is 1.13 bits per heavy atom. The highest BCUT2D eigenvalue weighted by atomic mass is 16.1. The molecule has 86 valence electrons. The Kier molecular flexibility index (Phi) is 2.94. The maximum Gasteiger partial charge on any atom is 0.249 e. The van der Waals surface area contributed by atoms with E-state index in [-0.39, 0.29) is 16.9 Å². The number of carbonyl (C=O) groups is 1. The van der Waals surface area contributed by atoms with E-state index in [0.29, 0.717) is 6.42 Å². The summed E-state index contributed by atoms with van der Waals surface area (Å²) in [5, 5.41) is 0. The Labute approximate surface area is 92.6 Å². The Morgan fingerprint density at radius 2 is 1.67 bits per heavy atom. The Hall–Kier alpha value is -0.860. The van der Waals surface area contributed by atoms with Gasteiger partial charge in [0.05, 0.1) is 0 Å². The van der Waals surface area contributed by atoms with Gasteiger partial charge in [-0.15, -0.1) is 0 Å². The smallest absolute Gasteiger partial charge is 0.249 e. The van der Waals surface area contributed by atoms with Crippen molar-refractivity contribution in [3.8, 4) is 0 Å². The minimum atomic E-state index is -0.0661. The van der Waals surface area contributed by atoms with Crippen LogP contribution in [-0.4, -0.2) is 28.7 Å². The number of amides is 1. The average molecular weight is 210 g/mol. The van der Waals surface area contributed by atoms with Crippen molar-refractivity contribution in [2.75, 3.05) is 6.54 Å². The molecule has 0 atom stereocenters. The molecule has 0 N–H and O–H groups in total. The Morgan fingerprint density at radius 3 is 2.07 bits per heavy atom. The number of carbonyl (C=O) groups excluding carboxylic acids is 1. The Balaban J connectivity index is 3.09. The number of hydrogen-bond donors (Lipinski definition) is 0. The quantitative estimate of drug-likeness (QED) is 0.615. The predicted octanol–water partition coefficient (Wildman–Crippen LogP) is 2.46. The second-order valence-electron chi connectivity index (χ2n) is 6.15. The van der Waals surface area contributed by atoms with Gasteiger partial charge in [0.25, 0.3) is 0 Å². The molecule has 0 spiro atoms. The van der Waals surface area contributed by atoms with Crippen molar-refractivity contribution in [1.29, 1.82) is 0 Å². The highest BCUT2D eigenvalue weighted by molar-refractivity contribution is 5.99. The van der Waals surface area contributed by atoms with Gasteiger partial charge in [-0.3, -0.25) is 4.79 Å². The van der Waals surface area contributed by atoms with Gasteiger partial charge in [-0.1, -0.05) is 20.8 Å². The molecule has 1 rings (SSSR count). The SMILES string of the molecule is CC(C)(C)C1=NC(=O)CCN1C(C)(C)C. The summed E-state index contributed by atoms with van der Waals surface area (Å²) in [6.07, 6.45) is 0.539. The molecule has 0 unspecified atom stereocenters. The molecule has 0 fully saturated rings. The predicted molar refractivity (Wildman–Crippen MR) is 63.0 cm³/mol. The molecule has 0 aromatic heterocycles. The molecular formula is C12H22N2O. The average Bonchev–Trinajstić information content (AvgIpc) is 2.00. The first-order valence-corrected chi connectivity index (χ1v) is 5.52. The maximum atomic E-state index is 11.4. The minimum Gasteiger partial charge on any atom is -0.354 e. The van der Waals surface area contributed by atoms with Crippen molar-refractivity contribution < 1.29 is 4.79 Å². The van der Waals surface area contributed by atoms with E-state index >= 15 is 0 Å². The van der Waals surface area contributed by atoms with E-state index in [9.17, 15) is 4.79 Å². The van der Waals surface area contributed by atoms with Crippen LogP contribution in [0.5, 0.6) is 0 Å². The number of amidine groups is 1. The van der Waals surface area contributed by atoms with Gasteiger partial charge in [0.15, 0.2) is 0 Å². The highest BCUT2D eigenvalue weighted by Crippen LogP contribution is 2.27. The molecule has 1 aliphatic heterocycles. The van der Waals surface area contributed by atoms with Gasteiger partial charge in [0.1, 0.15) is 5.84 Å². The van der Waals surface area contributed by atoms with Gasteiger partial charge >= 0.3 is 0 Å². The molecule has 0 saturated heterocycles. The molecule has 15 heavy (non-hydrogen) atoms. The standard InChI is InChI=1S/C12H22N2O/c1-11(2,3)10-13-9(15)7-8-14(10)12(4,5)6/h7-8H2,1-6H3. The zero-order valence-corrected chi connectivity index (χ0v) is 10.7. The topological polar surface area (TPSA) is 32.7 Å². The molecule has 0 saturated carbocycles. The van der Waals surface area contributed by atoms with Crippen LogP contribution >= 0.6 is 0 Å². The fourth-order valence-corrected chi connectivity index (χ4v) is 1.77. The summed E-state index contributed by atoms with van der Waals surface area (Å²) in [4.78, 5) is 17.8. The van der Waals surface area contributed by atoms with Crippen LogP contribution < -0.4 is 0 Å². The molecule has 0 aromatic rings. The molecule has 1 aliphatic rings. The Bertz CT molecular complexity index is 292. The van der Waals surface area contributed by atoms with Crippen LogP contribution in [0.25, 0.3) is 0 Å². The van der Waals surface area contributed by atoms with Gasteiger partial charge in [0, 0.05) is 23.9 Å². The number of nitrogens with zero attached hydrogens (tertiary/aromatic N) is 2. The van der Waals surface area contributed by atoms with E-state index < -0.39 is 0 Å². The molecule has 3 heteroatoms. The lowest BCUT2D eigenvalue weighted by Crippen LogP contribution is -2.53. The molecule has 0 aromatic carbocycles. The minimum absolute atomic E-state index is 0.0143. The third-order valence-electron chi connectivity index (χ3n) is 2.52. The first-order valence-electron chi connectivity index (χ1n) is 5.52. The van der Waals surface area contributed by atoms with E-state index in [1.54, 1.807) is 0 Å². The van der Waals surface area contributed by atoms with Crippen LogP contribution in [-0.2, 0) is 4.79 Å². The summed E-state index contributed by atoms with van der Waals surface area (Å²) in [6, 6.07) is 0. The van der Waals surface area contributed by atoms with Gasteiger partial charge in [-0.2, -0.15) is 4.99 Å². The fraction of sp³-hybridized carbons (Fsp3) is 0.833. The summed E-state index contributed by atoms with van der Waals surface area (Å²) in [5.74, 6) is 0.937. The lowest BCUT2D eigenvalue weighted by atomic mass is 9.90. The summed E-state index contributed by atoms with van der Waals surface area (Å²) in [7, 11) is 0. The second-order valence-corrected chi connectivity index (χ2v) is 6.15. The third-order valence-corrected chi connectivity index (χ3v) is 2.52. The van der Waals surface area contributed by atoms with E-state index in [2.05, 4.69) is 51.4 Å². The van der Waals surface area contributed by atoms with Crippen LogP contribution in [0.4, 0.5) is 0 Å². The molecule has 0 radical (unpaired) electrons. The monoisotopic (exact) mass is 210 g/mol. The normalized spacial score (nSPS) is 19.2. The number of hydrogen-bond acceptors (Lipinski definition) is 2. The largest absolute Gasteiger partial charge is 0.354 e. The van der Waals surface area contributed by atoms with Crippen molar-refractivity contribution in [3.05, 3.63) is 0 Å². The van der Waals surface area contributed by atoms with E-state index in [1.807, 2.05) is 0 Å². The van der Waals surface area contributed by atoms with Crippen molar-refractivity contribution in [3.63, 3.8) is 0 Å². The first-order chi connectivity index (χ1) is 6.62. The van der Waals surface area contributed by atoms with Crippen LogP contribution in [0, 0.1) is 5.41 Å². The van der Waals surface area contributed by atoms with Crippen LogP contribution in [0.3, 0.4) is 0 Å². The molecule has 0 aliphatic carbocycles. The maximum absolute atomic E-state index is 11.4. The lowest BCUT2D eigenvalue weighted by molar-refractivity contribution is -0.118. The summed E-state index contributed by atoms with van der Waals surface area (Å²) in [5.41, 5.74) is -0.0316. The summed E-state index contributed by atoms with van der Waals surface area (Å²) >= 11 is 0. The van der Waals surface area contributed by atoms with Crippen LogP contribution in [0.1, 0.15) is 48.0 Å². The molecular weight excluding hydrogens is 188 g/mol. The summed E-state index contributed by atoms with van der Waals surface area (Å²) in [6.45, 7) is 13.6.